The summed E-state index contributed by atoms with van der Waals surface area (Å²) in [5.74, 6) is 0.00917. The van der Waals surface area contributed by atoms with Crippen LogP contribution in [0.2, 0.25) is 0 Å². The molecule has 28 heavy (non-hydrogen) atoms. The van der Waals surface area contributed by atoms with Crippen LogP contribution in [0.15, 0.2) is 54.6 Å². The Balaban J connectivity index is 2.00. The van der Waals surface area contributed by atoms with Gasteiger partial charge in [-0.2, -0.15) is 0 Å². The van der Waals surface area contributed by atoms with Crippen LogP contribution in [0, 0.1) is 0 Å². The fourth-order valence-electron chi connectivity index (χ4n) is 2.38. The molecule has 3 aromatic rings. The zero-order valence-corrected chi connectivity index (χ0v) is 14.6. The van der Waals surface area contributed by atoms with E-state index in [-0.39, 0.29) is 17.8 Å². The van der Waals surface area contributed by atoms with Gasteiger partial charge in [0.15, 0.2) is 0 Å². The zero-order chi connectivity index (χ0) is 20.3. The zero-order valence-electron chi connectivity index (χ0n) is 14.6. The number of aliphatic imine (C=N–C) groups is 1. The van der Waals surface area contributed by atoms with Crippen molar-refractivity contribution in [2.24, 2.45) is 4.99 Å². The van der Waals surface area contributed by atoms with Crippen molar-refractivity contribution in [3.05, 3.63) is 83.3 Å². The van der Waals surface area contributed by atoms with Crippen LogP contribution < -0.4 is 27.2 Å². The Morgan fingerprint density at radius 1 is 1.11 bits per heavy atom. The SMILES string of the molecule is COc1ccc(Cn2c(O)c(C=Nc3c[nH]c(=O)[nH]c3=O)c(=O)[nH]c2=O)cc1. The first-order valence-electron chi connectivity index (χ1n) is 7.94. The van der Waals surface area contributed by atoms with Gasteiger partial charge in [-0.3, -0.25) is 24.1 Å². The predicted molar refractivity (Wildman–Crippen MR) is 100 cm³/mol. The van der Waals surface area contributed by atoms with Gasteiger partial charge in [0.2, 0.25) is 5.88 Å². The van der Waals surface area contributed by atoms with Crippen LogP contribution in [0.1, 0.15) is 11.1 Å². The van der Waals surface area contributed by atoms with E-state index in [0.717, 1.165) is 17.0 Å². The van der Waals surface area contributed by atoms with Gasteiger partial charge in [-0.15, -0.1) is 0 Å². The number of H-pyrrole nitrogens is 3. The number of nitrogens with one attached hydrogen (secondary N) is 3. The molecule has 0 bridgehead atoms. The maximum absolute atomic E-state index is 12.1. The van der Waals surface area contributed by atoms with Crippen LogP contribution in [0.4, 0.5) is 5.69 Å². The lowest BCUT2D eigenvalue weighted by molar-refractivity contribution is 0.407. The van der Waals surface area contributed by atoms with Crippen molar-refractivity contribution in [3.8, 4) is 11.6 Å². The molecule has 3 rings (SSSR count). The van der Waals surface area contributed by atoms with Crippen molar-refractivity contribution >= 4 is 11.9 Å². The van der Waals surface area contributed by atoms with E-state index in [4.69, 9.17) is 4.74 Å². The number of aromatic nitrogens is 4. The molecule has 0 aliphatic rings. The van der Waals surface area contributed by atoms with Crippen molar-refractivity contribution in [3.63, 3.8) is 0 Å². The Hall–Kier alpha value is -4.15. The second-order valence-corrected chi connectivity index (χ2v) is 5.65. The summed E-state index contributed by atoms with van der Waals surface area (Å²) in [6.07, 6.45) is 1.98. The Bertz CT molecular complexity index is 1260. The average molecular weight is 385 g/mol. The van der Waals surface area contributed by atoms with Crippen LogP contribution in [-0.4, -0.2) is 37.9 Å². The van der Waals surface area contributed by atoms with E-state index in [9.17, 15) is 24.3 Å². The summed E-state index contributed by atoms with van der Waals surface area (Å²) in [6, 6.07) is 6.77. The third-order valence-electron chi connectivity index (χ3n) is 3.84. The lowest BCUT2D eigenvalue weighted by Gasteiger charge is -2.10. The molecule has 11 nitrogen and oxygen atoms in total. The Morgan fingerprint density at radius 3 is 2.46 bits per heavy atom. The van der Waals surface area contributed by atoms with Crippen molar-refractivity contribution < 1.29 is 9.84 Å². The number of methoxy groups -OCH3 is 1. The van der Waals surface area contributed by atoms with Crippen LogP contribution in [0.3, 0.4) is 0 Å². The van der Waals surface area contributed by atoms with Gasteiger partial charge >= 0.3 is 11.4 Å². The third-order valence-corrected chi connectivity index (χ3v) is 3.84. The summed E-state index contributed by atoms with van der Waals surface area (Å²) in [4.78, 5) is 56.9. The first-order chi connectivity index (χ1) is 13.4. The molecule has 0 saturated carbocycles. The normalized spacial score (nSPS) is 11.0. The number of rotatable bonds is 5. The molecule has 0 saturated heterocycles. The minimum atomic E-state index is -0.877. The van der Waals surface area contributed by atoms with E-state index in [0.29, 0.717) is 11.3 Å². The highest BCUT2D eigenvalue weighted by Gasteiger charge is 2.13. The molecule has 1 aromatic carbocycles. The van der Waals surface area contributed by atoms with Crippen LogP contribution in [0.25, 0.3) is 0 Å². The smallest absolute Gasteiger partial charge is 0.331 e. The van der Waals surface area contributed by atoms with Crippen LogP contribution in [-0.2, 0) is 6.54 Å². The van der Waals surface area contributed by atoms with Crippen molar-refractivity contribution in [2.75, 3.05) is 7.11 Å². The number of benzene rings is 1. The molecule has 0 unspecified atom stereocenters. The van der Waals surface area contributed by atoms with E-state index in [1.807, 2.05) is 4.98 Å². The molecule has 0 radical (unpaired) electrons. The molecule has 0 aliphatic heterocycles. The predicted octanol–water partition coefficient (Wildman–Crippen LogP) is -0.574. The molecular weight excluding hydrogens is 370 g/mol. The lowest BCUT2D eigenvalue weighted by Crippen LogP contribution is -2.32. The second kappa shape index (κ2) is 7.61. The van der Waals surface area contributed by atoms with E-state index in [2.05, 4.69) is 15.0 Å². The number of nitrogens with zero attached hydrogens (tertiary/aromatic N) is 2. The largest absolute Gasteiger partial charge is 0.497 e. The van der Waals surface area contributed by atoms with E-state index in [1.54, 1.807) is 24.3 Å². The third kappa shape index (κ3) is 3.82. The van der Waals surface area contributed by atoms with Gasteiger partial charge in [-0.05, 0) is 17.7 Å². The highest BCUT2D eigenvalue weighted by Crippen LogP contribution is 2.15. The summed E-state index contributed by atoms with van der Waals surface area (Å²) in [7, 11) is 1.52. The molecule has 11 heteroatoms. The average Bonchev–Trinajstić information content (AvgIpc) is 2.67. The molecule has 0 amide bonds. The monoisotopic (exact) mass is 385 g/mol. The first kappa shape index (κ1) is 18.6. The molecule has 4 N–H and O–H groups in total. The van der Waals surface area contributed by atoms with E-state index in [1.165, 1.54) is 7.11 Å². The molecule has 0 spiro atoms. The molecular formula is C17H15N5O6. The van der Waals surface area contributed by atoms with Crippen molar-refractivity contribution in [1.82, 2.24) is 19.5 Å². The Kier molecular flexibility index (Phi) is 5.07. The minimum absolute atomic E-state index is 0.0223. The molecule has 0 fully saturated rings. The maximum Gasteiger partial charge on any atom is 0.331 e. The number of aromatic hydroxyl groups is 1. The summed E-state index contributed by atoms with van der Waals surface area (Å²) in [6.45, 7) is -0.0223. The number of ether oxygens (including phenoxy) is 1. The summed E-state index contributed by atoms with van der Waals surface area (Å²) >= 11 is 0. The van der Waals surface area contributed by atoms with E-state index >= 15 is 0 Å². The molecule has 2 aromatic heterocycles. The fraction of sp³-hybridized carbons (Fsp3) is 0.118. The number of hydrogen-bond donors (Lipinski definition) is 4. The standard InChI is InChI=1S/C17H15N5O6/c1-28-10-4-2-9(3-5-10)8-22-15(25)11(13(23)21-17(22)27)6-18-12-7-19-16(26)20-14(12)24/h2-7,25H,8H2,1H3,(H,21,23,27)(H2,19,20,24,26). The topological polar surface area (TPSA) is 162 Å². The van der Waals surface area contributed by atoms with Gasteiger partial charge in [-0.1, -0.05) is 12.1 Å². The summed E-state index contributed by atoms with van der Waals surface area (Å²) in [5.41, 5.74) is -3.01. The maximum atomic E-state index is 12.1. The fourth-order valence-corrected chi connectivity index (χ4v) is 2.38. The second-order valence-electron chi connectivity index (χ2n) is 5.65. The van der Waals surface area contributed by atoms with Gasteiger partial charge in [0.25, 0.3) is 11.1 Å². The van der Waals surface area contributed by atoms with E-state index < -0.39 is 28.4 Å². The quantitative estimate of drug-likeness (QED) is 0.430. The Morgan fingerprint density at radius 2 is 1.82 bits per heavy atom. The van der Waals surface area contributed by atoms with Crippen molar-refractivity contribution in [1.29, 1.82) is 0 Å². The molecule has 144 valence electrons. The van der Waals surface area contributed by atoms with Gasteiger partial charge in [0.05, 0.1) is 13.7 Å². The lowest BCUT2D eigenvalue weighted by atomic mass is 10.2. The highest BCUT2D eigenvalue weighted by atomic mass is 16.5. The summed E-state index contributed by atoms with van der Waals surface area (Å²) in [5, 5.41) is 10.4. The van der Waals surface area contributed by atoms with Gasteiger partial charge < -0.3 is 14.8 Å². The number of aromatic amines is 3. The van der Waals surface area contributed by atoms with Crippen molar-refractivity contribution in [2.45, 2.75) is 6.54 Å². The van der Waals surface area contributed by atoms with Gasteiger partial charge in [-0.25, -0.2) is 14.6 Å². The Labute approximate surface area is 155 Å². The molecule has 2 heterocycles. The number of hydrogen-bond acceptors (Lipinski definition) is 7. The molecule has 0 atom stereocenters. The minimum Gasteiger partial charge on any atom is -0.497 e. The van der Waals surface area contributed by atoms with Crippen LogP contribution in [0.5, 0.6) is 11.6 Å². The first-order valence-corrected chi connectivity index (χ1v) is 7.94. The highest BCUT2D eigenvalue weighted by molar-refractivity contribution is 5.83. The van der Waals surface area contributed by atoms with Gasteiger partial charge in [0.1, 0.15) is 17.0 Å². The molecule has 0 aliphatic carbocycles. The summed E-state index contributed by atoms with van der Waals surface area (Å²) < 4.78 is 6.01. The van der Waals surface area contributed by atoms with Gasteiger partial charge in [0, 0.05) is 12.4 Å². The van der Waals surface area contributed by atoms with Crippen LogP contribution >= 0.6 is 0 Å².